The highest BCUT2D eigenvalue weighted by atomic mass is 16.5. The molecule has 0 unspecified atom stereocenters. The van der Waals surface area contributed by atoms with E-state index in [1.54, 1.807) is 18.2 Å². The van der Waals surface area contributed by atoms with Crippen molar-refractivity contribution >= 4 is 5.91 Å². The van der Waals surface area contributed by atoms with Crippen LogP contribution in [0.1, 0.15) is 21.7 Å². The van der Waals surface area contributed by atoms with E-state index in [-0.39, 0.29) is 5.91 Å². The summed E-state index contributed by atoms with van der Waals surface area (Å²) in [6, 6.07) is 8.99. The minimum atomic E-state index is -0.369. The number of nitrogen functional groups attached to an aromatic ring is 1. The third-order valence-electron chi connectivity index (χ3n) is 2.93. The zero-order chi connectivity index (χ0) is 14.5. The van der Waals surface area contributed by atoms with Gasteiger partial charge >= 0.3 is 0 Å². The maximum absolute atomic E-state index is 11.6. The molecule has 3 N–H and O–H groups in total. The van der Waals surface area contributed by atoms with Gasteiger partial charge in [-0.25, -0.2) is 5.84 Å². The number of carbonyl (C=O) groups excluding carboxylic acids is 1. The first-order valence-corrected chi connectivity index (χ1v) is 6.35. The number of ether oxygens (including phenoxy) is 1. The molecule has 0 aliphatic rings. The predicted octanol–water partition coefficient (Wildman–Crippen LogP) is 1.18. The Morgan fingerprint density at radius 1 is 1.40 bits per heavy atom. The number of para-hydroxylation sites is 1. The van der Waals surface area contributed by atoms with Crippen LogP contribution >= 0.6 is 0 Å². The van der Waals surface area contributed by atoms with E-state index in [0.717, 1.165) is 11.4 Å². The lowest BCUT2D eigenvalue weighted by atomic mass is 10.2. The first kappa shape index (κ1) is 14.1. The number of hydrogen-bond acceptors (Lipinski definition) is 4. The summed E-state index contributed by atoms with van der Waals surface area (Å²) in [5.74, 6) is 5.29. The Hall–Kier alpha value is -2.34. The molecule has 20 heavy (non-hydrogen) atoms. The number of benzene rings is 1. The molecular weight excluding hydrogens is 256 g/mol. The van der Waals surface area contributed by atoms with Crippen LogP contribution in [-0.2, 0) is 6.54 Å². The summed E-state index contributed by atoms with van der Waals surface area (Å²) in [7, 11) is 0. The summed E-state index contributed by atoms with van der Waals surface area (Å²) in [4.78, 5) is 11.6. The highest BCUT2D eigenvalue weighted by molar-refractivity contribution is 5.96. The summed E-state index contributed by atoms with van der Waals surface area (Å²) in [6.07, 6.45) is 0. The Kier molecular flexibility index (Phi) is 4.37. The minimum absolute atomic E-state index is 0.369. The van der Waals surface area contributed by atoms with E-state index < -0.39 is 0 Å². The molecule has 1 aromatic heterocycles. The Bertz CT molecular complexity index is 607. The van der Waals surface area contributed by atoms with Crippen LogP contribution in [0.3, 0.4) is 0 Å². The van der Waals surface area contributed by atoms with Gasteiger partial charge < -0.3 is 4.74 Å². The third kappa shape index (κ3) is 3.16. The van der Waals surface area contributed by atoms with Crippen LogP contribution in [0, 0.1) is 13.8 Å². The second-order valence-electron chi connectivity index (χ2n) is 4.47. The normalized spacial score (nSPS) is 10.3. The molecule has 0 atom stereocenters. The highest BCUT2D eigenvalue weighted by Gasteiger charge is 2.10. The number of nitrogens with one attached hydrogen (secondary N) is 1. The SMILES string of the molecule is Cc1cc(C)n(CCOc2ccccc2C(=O)NN)n1. The van der Waals surface area contributed by atoms with Crippen molar-refractivity contribution in [1.29, 1.82) is 0 Å². The first-order valence-electron chi connectivity index (χ1n) is 6.35. The average Bonchev–Trinajstić information content (AvgIpc) is 2.77. The van der Waals surface area contributed by atoms with Gasteiger partial charge in [-0.3, -0.25) is 14.9 Å². The fourth-order valence-electron chi connectivity index (χ4n) is 2.00. The Morgan fingerprint density at radius 2 is 2.15 bits per heavy atom. The van der Waals surface area contributed by atoms with Gasteiger partial charge in [0.1, 0.15) is 12.4 Å². The summed E-state index contributed by atoms with van der Waals surface area (Å²) >= 11 is 0. The second-order valence-corrected chi connectivity index (χ2v) is 4.47. The van der Waals surface area contributed by atoms with Crippen molar-refractivity contribution in [2.75, 3.05) is 6.61 Å². The van der Waals surface area contributed by atoms with Gasteiger partial charge in [-0.1, -0.05) is 12.1 Å². The molecule has 0 aliphatic carbocycles. The van der Waals surface area contributed by atoms with Crippen molar-refractivity contribution in [3.63, 3.8) is 0 Å². The van der Waals surface area contributed by atoms with Crippen LogP contribution in [0.2, 0.25) is 0 Å². The summed E-state index contributed by atoms with van der Waals surface area (Å²) < 4.78 is 7.53. The molecule has 2 aromatic rings. The maximum Gasteiger partial charge on any atom is 0.268 e. The van der Waals surface area contributed by atoms with Crippen LogP contribution in [0.15, 0.2) is 30.3 Å². The number of rotatable bonds is 5. The van der Waals surface area contributed by atoms with Crippen LogP contribution < -0.4 is 16.0 Å². The Balaban J connectivity index is 2.01. The third-order valence-corrected chi connectivity index (χ3v) is 2.93. The molecular formula is C14H18N4O2. The number of carbonyl (C=O) groups is 1. The van der Waals surface area contributed by atoms with E-state index in [1.165, 1.54) is 0 Å². The summed E-state index contributed by atoms with van der Waals surface area (Å²) in [6.45, 7) is 5.00. The van der Waals surface area contributed by atoms with Crippen molar-refractivity contribution in [1.82, 2.24) is 15.2 Å². The average molecular weight is 274 g/mol. The standard InChI is InChI=1S/C14H18N4O2/c1-10-9-11(2)18(17-10)7-8-20-13-6-4-3-5-12(13)14(19)16-15/h3-6,9H,7-8,15H2,1-2H3,(H,16,19). The van der Waals surface area contributed by atoms with Gasteiger partial charge in [0, 0.05) is 5.69 Å². The van der Waals surface area contributed by atoms with Gasteiger partial charge in [-0.15, -0.1) is 0 Å². The number of aromatic nitrogens is 2. The number of nitrogens with two attached hydrogens (primary N) is 1. The number of nitrogens with zero attached hydrogens (tertiary/aromatic N) is 2. The second kappa shape index (κ2) is 6.21. The topological polar surface area (TPSA) is 82.2 Å². The number of amides is 1. The smallest absolute Gasteiger partial charge is 0.268 e. The highest BCUT2D eigenvalue weighted by Crippen LogP contribution is 2.17. The Labute approximate surface area is 117 Å². The van der Waals surface area contributed by atoms with Crippen LogP contribution in [0.5, 0.6) is 5.75 Å². The zero-order valence-corrected chi connectivity index (χ0v) is 11.6. The lowest BCUT2D eigenvalue weighted by Crippen LogP contribution is -2.30. The van der Waals surface area contributed by atoms with Gasteiger partial charge in [0.25, 0.3) is 5.91 Å². The molecule has 2 rings (SSSR count). The molecule has 0 fully saturated rings. The van der Waals surface area contributed by atoms with Gasteiger partial charge in [-0.2, -0.15) is 5.10 Å². The van der Waals surface area contributed by atoms with Gasteiger partial charge in [0.2, 0.25) is 0 Å². The van der Waals surface area contributed by atoms with Crippen molar-refractivity contribution in [3.05, 3.63) is 47.3 Å². The number of aryl methyl sites for hydroxylation is 2. The van der Waals surface area contributed by atoms with Crippen LogP contribution in [-0.4, -0.2) is 22.3 Å². The van der Waals surface area contributed by atoms with Crippen LogP contribution in [0.4, 0.5) is 0 Å². The molecule has 0 saturated carbocycles. The van der Waals surface area contributed by atoms with E-state index in [1.807, 2.05) is 30.7 Å². The van der Waals surface area contributed by atoms with Gasteiger partial charge in [0.05, 0.1) is 17.8 Å². The maximum atomic E-state index is 11.6. The molecule has 0 saturated heterocycles. The Morgan fingerprint density at radius 3 is 2.80 bits per heavy atom. The quantitative estimate of drug-likeness (QED) is 0.487. The molecule has 1 heterocycles. The van der Waals surface area contributed by atoms with E-state index in [4.69, 9.17) is 10.6 Å². The van der Waals surface area contributed by atoms with Crippen molar-refractivity contribution in [2.24, 2.45) is 5.84 Å². The van der Waals surface area contributed by atoms with E-state index >= 15 is 0 Å². The lowest BCUT2D eigenvalue weighted by Gasteiger charge is -2.11. The number of hydrazine groups is 1. The van der Waals surface area contributed by atoms with Crippen molar-refractivity contribution < 1.29 is 9.53 Å². The molecule has 0 aliphatic heterocycles. The van der Waals surface area contributed by atoms with Crippen molar-refractivity contribution in [3.8, 4) is 5.75 Å². The molecule has 6 nitrogen and oxygen atoms in total. The summed E-state index contributed by atoms with van der Waals surface area (Å²) in [5, 5.41) is 4.35. The molecule has 6 heteroatoms. The van der Waals surface area contributed by atoms with Gasteiger partial charge in [0.15, 0.2) is 0 Å². The number of hydrogen-bond donors (Lipinski definition) is 2. The largest absolute Gasteiger partial charge is 0.491 e. The molecule has 0 spiro atoms. The molecule has 106 valence electrons. The fourth-order valence-corrected chi connectivity index (χ4v) is 2.00. The molecule has 0 bridgehead atoms. The predicted molar refractivity (Wildman–Crippen MR) is 75.3 cm³/mol. The molecule has 0 radical (unpaired) electrons. The molecule has 1 aromatic carbocycles. The monoisotopic (exact) mass is 274 g/mol. The zero-order valence-electron chi connectivity index (χ0n) is 11.6. The minimum Gasteiger partial charge on any atom is -0.491 e. The van der Waals surface area contributed by atoms with E-state index in [2.05, 4.69) is 10.5 Å². The van der Waals surface area contributed by atoms with E-state index in [9.17, 15) is 4.79 Å². The van der Waals surface area contributed by atoms with E-state index in [0.29, 0.717) is 24.5 Å². The summed E-state index contributed by atoms with van der Waals surface area (Å²) in [5.41, 5.74) is 4.59. The van der Waals surface area contributed by atoms with Crippen molar-refractivity contribution in [2.45, 2.75) is 20.4 Å². The molecule has 1 amide bonds. The lowest BCUT2D eigenvalue weighted by molar-refractivity contribution is 0.0949. The first-order chi connectivity index (χ1) is 9.61. The van der Waals surface area contributed by atoms with Gasteiger partial charge in [-0.05, 0) is 32.0 Å². The fraction of sp³-hybridized carbons (Fsp3) is 0.286. The van der Waals surface area contributed by atoms with Crippen LogP contribution in [0.25, 0.3) is 0 Å².